The fourth-order valence-corrected chi connectivity index (χ4v) is 2.12. The molecule has 0 atom stereocenters. The number of hydrogen-bond acceptors (Lipinski definition) is 4. The van der Waals surface area contributed by atoms with Gasteiger partial charge in [0.15, 0.2) is 0 Å². The van der Waals surface area contributed by atoms with E-state index in [0.29, 0.717) is 5.56 Å². The number of halogens is 1. The largest absolute Gasteiger partial charge is 0.328 e. The molecule has 0 fully saturated rings. The molecule has 0 aliphatic heterocycles. The van der Waals surface area contributed by atoms with Gasteiger partial charge in [-0.1, -0.05) is 6.07 Å². The molecule has 17 heavy (non-hydrogen) atoms. The molecular weight excluding hydrogens is 327 g/mol. The van der Waals surface area contributed by atoms with Gasteiger partial charge in [0, 0.05) is 18.9 Å². The molecule has 0 aliphatic rings. The van der Waals surface area contributed by atoms with Gasteiger partial charge in [-0.2, -0.15) is 5.26 Å². The van der Waals surface area contributed by atoms with E-state index in [1.807, 2.05) is 30.1 Å². The summed E-state index contributed by atoms with van der Waals surface area (Å²) < 4.78 is 0.968. The summed E-state index contributed by atoms with van der Waals surface area (Å²) in [5, 5.41) is 8.87. The van der Waals surface area contributed by atoms with E-state index in [1.54, 1.807) is 12.3 Å². The molecule has 84 valence electrons. The molecule has 0 aliphatic carbocycles. The number of rotatable bonds is 2. The average Bonchev–Trinajstić information content (AvgIpc) is 2.38. The highest BCUT2D eigenvalue weighted by molar-refractivity contribution is 14.1. The molecule has 0 saturated carbocycles. The minimum Gasteiger partial charge on any atom is -0.328 e. The van der Waals surface area contributed by atoms with Crippen LogP contribution in [0.25, 0.3) is 0 Å². The second kappa shape index (κ2) is 5.10. The molecule has 1 aromatic heterocycles. The Morgan fingerprint density at radius 3 is 2.94 bits per heavy atom. The van der Waals surface area contributed by atoms with Gasteiger partial charge in [-0.25, -0.2) is 9.97 Å². The van der Waals surface area contributed by atoms with Gasteiger partial charge in [0.2, 0.25) is 0 Å². The molecule has 4 nitrogen and oxygen atoms in total. The summed E-state index contributed by atoms with van der Waals surface area (Å²) in [5.41, 5.74) is 1.57. The lowest BCUT2D eigenvalue weighted by Gasteiger charge is -2.19. The molecule has 1 heterocycles. The van der Waals surface area contributed by atoms with Gasteiger partial charge in [0.05, 0.1) is 15.2 Å². The number of hydrogen-bond donors (Lipinski definition) is 0. The zero-order chi connectivity index (χ0) is 12.3. The Kier molecular flexibility index (Phi) is 3.54. The topological polar surface area (TPSA) is 52.8 Å². The molecule has 0 spiro atoms. The van der Waals surface area contributed by atoms with Crippen molar-refractivity contribution in [2.75, 3.05) is 11.9 Å². The van der Waals surface area contributed by atoms with Crippen molar-refractivity contribution in [3.05, 3.63) is 45.9 Å². The Morgan fingerprint density at radius 1 is 1.41 bits per heavy atom. The van der Waals surface area contributed by atoms with Crippen LogP contribution in [0.15, 0.2) is 36.8 Å². The molecule has 0 unspecified atom stereocenters. The summed E-state index contributed by atoms with van der Waals surface area (Å²) in [6.45, 7) is 0. The third-order valence-corrected chi connectivity index (χ3v) is 3.09. The minimum absolute atomic E-state index is 0.637. The number of nitrogens with zero attached hydrogens (tertiary/aromatic N) is 4. The maximum absolute atomic E-state index is 8.87. The Bertz CT molecular complexity index is 577. The quantitative estimate of drug-likeness (QED) is 0.792. The highest BCUT2D eigenvalue weighted by atomic mass is 127. The molecule has 0 N–H and O–H groups in total. The molecule has 2 aromatic rings. The fourth-order valence-electron chi connectivity index (χ4n) is 1.46. The Labute approximate surface area is 113 Å². The van der Waals surface area contributed by atoms with Crippen LogP contribution >= 0.6 is 22.6 Å². The van der Waals surface area contributed by atoms with Crippen LogP contribution < -0.4 is 4.90 Å². The second-order valence-corrected chi connectivity index (χ2v) is 4.58. The van der Waals surface area contributed by atoms with Crippen molar-refractivity contribution in [3.63, 3.8) is 0 Å². The van der Waals surface area contributed by atoms with Crippen molar-refractivity contribution in [2.45, 2.75) is 0 Å². The predicted octanol–water partition coefficient (Wildman–Crippen LogP) is 2.72. The van der Waals surface area contributed by atoms with Crippen molar-refractivity contribution in [1.29, 1.82) is 5.26 Å². The summed E-state index contributed by atoms with van der Waals surface area (Å²) in [6, 6.07) is 9.54. The van der Waals surface area contributed by atoms with E-state index in [4.69, 9.17) is 5.26 Å². The van der Waals surface area contributed by atoms with Crippen molar-refractivity contribution in [3.8, 4) is 6.07 Å². The van der Waals surface area contributed by atoms with Crippen LogP contribution in [0, 0.1) is 14.9 Å². The van der Waals surface area contributed by atoms with Crippen LogP contribution in [-0.4, -0.2) is 17.0 Å². The fraction of sp³-hybridized carbons (Fsp3) is 0.0833. The van der Waals surface area contributed by atoms with Gasteiger partial charge in [-0.15, -0.1) is 0 Å². The average molecular weight is 336 g/mol. The molecule has 1 aromatic carbocycles. The number of anilines is 2. The van der Waals surface area contributed by atoms with Gasteiger partial charge in [0.1, 0.15) is 12.1 Å². The predicted molar refractivity (Wildman–Crippen MR) is 74.0 cm³/mol. The first-order valence-corrected chi connectivity index (χ1v) is 5.99. The first-order valence-electron chi connectivity index (χ1n) is 4.92. The van der Waals surface area contributed by atoms with Crippen molar-refractivity contribution in [2.24, 2.45) is 0 Å². The molecule has 0 amide bonds. The lowest BCUT2D eigenvalue weighted by atomic mass is 10.2. The van der Waals surface area contributed by atoms with E-state index in [2.05, 4.69) is 38.6 Å². The number of benzene rings is 1. The molecule has 0 saturated heterocycles. The van der Waals surface area contributed by atoms with Gasteiger partial charge < -0.3 is 4.90 Å². The maximum atomic E-state index is 8.87. The highest BCUT2D eigenvalue weighted by Gasteiger charge is 2.09. The van der Waals surface area contributed by atoms with Crippen molar-refractivity contribution >= 4 is 34.1 Å². The molecule has 5 heteroatoms. The van der Waals surface area contributed by atoms with Crippen LogP contribution in [0.2, 0.25) is 0 Å². The van der Waals surface area contributed by atoms with Crippen molar-refractivity contribution in [1.82, 2.24) is 9.97 Å². The standard InChI is InChI=1S/C12H9IN4/c1-17(12-11(13)7-15-8-16-12)10-4-2-3-9(5-10)6-14/h2-5,7-8H,1H3. The SMILES string of the molecule is CN(c1cccc(C#N)c1)c1ncncc1I. The van der Waals surface area contributed by atoms with Crippen LogP contribution in [-0.2, 0) is 0 Å². The summed E-state index contributed by atoms with van der Waals surface area (Å²) in [7, 11) is 1.92. The van der Waals surface area contributed by atoms with Crippen LogP contribution in [0.4, 0.5) is 11.5 Å². The van der Waals surface area contributed by atoms with Crippen molar-refractivity contribution < 1.29 is 0 Å². The lowest BCUT2D eigenvalue weighted by molar-refractivity contribution is 1.06. The van der Waals surface area contributed by atoms with Crippen LogP contribution in [0.1, 0.15) is 5.56 Å². The summed E-state index contributed by atoms with van der Waals surface area (Å²) in [6.07, 6.45) is 3.27. The lowest BCUT2D eigenvalue weighted by Crippen LogP contribution is -2.13. The molecular formula is C12H9IN4. The summed E-state index contributed by atoms with van der Waals surface area (Å²) in [4.78, 5) is 10.1. The van der Waals surface area contributed by atoms with Gasteiger partial charge in [0.25, 0.3) is 0 Å². The first-order chi connectivity index (χ1) is 8.22. The van der Waals surface area contributed by atoms with E-state index in [1.165, 1.54) is 6.33 Å². The summed E-state index contributed by atoms with van der Waals surface area (Å²) >= 11 is 2.19. The van der Waals surface area contributed by atoms with E-state index in [-0.39, 0.29) is 0 Å². The zero-order valence-corrected chi connectivity index (χ0v) is 11.3. The van der Waals surface area contributed by atoms with E-state index < -0.39 is 0 Å². The maximum Gasteiger partial charge on any atom is 0.149 e. The monoisotopic (exact) mass is 336 g/mol. The number of aromatic nitrogens is 2. The first kappa shape index (κ1) is 11.8. The normalized spacial score (nSPS) is 9.71. The van der Waals surface area contributed by atoms with E-state index in [9.17, 15) is 0 Å². The van der Waals surface area contributed by atoms with Gasteiger partial charge >= 0.3 is 0 Å². The highest BCUT2D eigenvalue weighted by Crippen LogP contribution is 2.25. The zero-order valence-electron chi connectivity index (χ0n) is 9.13. The van der Waals surface area contributed by atoms with Crippen LogP contribution in [0.3, 0.4) is 0 Å². The van der Waals surface area contributed by atoms with E-state index >= 15 is 0 Å². The molecule has 2 rings (SSSR count). The third kappa shape index (κ3) is 2.53. The Balaban J connectivity index is 2.41. The number of nitriles is 1. The van der Waals surface area contributed by atoms with E-state index in [0.717, 1.165) is 15.1 Å². The van der Waals surface area contributed by atoms with Gasteiger partial charge in [-0.3, -0.25) is 0 Å². The Morgan fingerprint density at radius 2 is 2.24 bits per heavy atom. The summed E-state index contributed by atoms with van der Waals surface area (Å²) in [5.74, 6) is 0.829. The van der Waals surface area contributed by atoms with Gasteiger partial charge in [-0.05, 0) is 40.8 Å². The molecule has 0 radical (unpaired) electrons. The molecule has 0 bridgehead atoms. The smallest absolute Gasteiger partial charge is 0.149 e. The third-order valence-electron chi connectivity index (χ3n) is 2.33. The minimum atomic E-state index is 0.637. The Hall–Kier alpha value is -1.68. The van der Waals surface area contributed by atoms with Crippen LogP contribution in [0.5, 0.6) is 0 Å². The second-order valence-electron chi connectivity index (χ2n) is 3.42.